The topological polar surface area (TPSA) is 73.7 Å². The third kappa shape index (κ3) is 5.96. The highest BCUT2D eigenvalue weighted by molar-refractivity contribution is 6.30. The zero-order chi connectivity index (χ0) is 32.2. The van der Waals surface area contributed by atoms with Crippen LogP contribution < -0.4 is 15.1 Å². The van der Waals surface area contributed by atoms with E-state index in [1.54, 1.807) is 11.1 Å². The van der Waals surface area contributed by atoms with Gasteiger partial charge in [-0.25, -0.2) is 22.9 Å². The first-order valence-corrected chi connectivity index (χ1v) is 16.8. The van der Waals surface area contributed by atoms with Crippen LogP contribution in [0.25, 0.3) is 11.0 Å². The summed E-state index contributed by atoms with van der Waals surface area (Å²) in [5, 5.41) is 3.72. The number of benzene rings is 1. The first-order valence-electron chi connectivity index (χ1n) is 16.4. The Labute approximate surface area is 271 Å². The van der Waals surface area contributed by atoms with Crippen molar-refractivity contribution in [3.05, 3.63) is 53.1 Å². The highest BCUT2D eigenvalue weighted by Crippen LogP contribution is 2.49. The van der Waals surface area contributed by atoms with Gasteiger partial charge in [0.25, 0.3) is 5.92 Å². The number of hydrogen-bond donors (Lipinski definition) is 1. The maximum absolute atomic E-state index is 15.3. The summed E-state index contributed by atoms with van der Waals surface area (Å²) < 4.78 is 47.3. The van der Waals surface area contributed by atoms with E-state index in [4.69, 9.17) is 16.6 Å². The van der Waals surface area contributed by atoms with E-state index in [0.29, 0.717) is 42.8 Å². The number of aromatic nitrogens is 2. The van der Waals surface area contributed by atoms with Crippen LogP contribution >= 0.6 is 11.6 Å². The highest BCUT2D eigenvalue weighted by atomic mass is 35.5. The van der Waals surface area contributed by atoms with E-state index in [2.05, 4.69) is 27.9 Å². The molecule has 1 aromatic carbocycles. The fourth-order valence-electron chi connectivity index (χ4n) is 8.18. The number of piperidine rings is 2. The van der Waals surface area contributed by atoms with E-state index >= 15 is 8.78 Å². The average molecular weight is 657 g/mol. The Kier molecular flexibility index (Phi) is 8.20. The minimum Gasteiger partial charge on any atom is -0.363 e. The van der Waals surface area contributed by atoms with Gasteiger partial charge in [-0.1, -0.05) is 11.6 Å². The maximum atomic E-state index is 15.3. The van der Waals surface area contributed by atoms with Gasteiger partial charge in [0.1, 0.15) is 11.5 Å². The number of carbonyl (C=O) groups excluding carboxylic acids is 2. The second-order valence-corrected chi connectivity index (χ2v) is 14.3. The molecule has 0 radical (unpaired) electrons. The van der Waals surface area contributed by atoms with Gasteiger partial charge in [0.15, 0.2) is 0 Å². The SMILES string of the molecule is Cc1cn(C2CCC3(CC2)CCN(C[C@H]2CCN(c4cc(Cl)ccc4F)CC2(F)F)CC3)c2ncc(N3CCC(=O)NC3=O)cc12. The van der Waals surface area contributed by atoms with Crippen molar-refractivity contribution in [2.45, 2.75) is 70.3 Å². The van der Waals surface area contributed by atoms with E-state index in [1.807, 2.05) is 6.07 Å². The molecule has 0 bridgehead atoms. The zero-order valence-corrected chi connectivity index (χ0v) is 26.8. The third-order valence-corrected chi connectivity index (χ3v) is 11.3. The van der Waals surface area contributed by atoms with Crippen LogP contribution in [0.3, 0.4) is 0 Å². The van der Waals surface area contributed by atoms with E-state index < -0.39 is 30.2 Å². The molecule has 246 valence electrons. The van der Waals surface area contributed by atoms with Gasteiger partial charge in [-0.2, -0.15) is 0 Å². The molecule has 4 fully saturated rings. The van der Waals surface area contributed by atoms with Crippen LogP contribution in [-0.4, -0.2) is 71.6 Å². The first kappa shape index (κ1) is 31.3. The van der Waals surface area contributed by atoms with Crippen LogP contribution in [0.4, 0.5) is 29.3 Å². The molecule has 5 heterocycles. The van der Waals surface area contributed by atoms with Crippen molar-refractivity contribution in [2.75, 3.05) is 49.1 Å². The van der Waals surface area contributed by atoms with Crippen LogP contribution in [-0.2, 0) is 4.79 Å². The van der Waals surface area contributed by atoms with Crippen LogP contribution in [0.5, 0.6) is 0 Å². The van der Waals surface area contributed by atoms with Gasteiger partial charge in [0.2, 0.25) is 5.91 Å². The van der Waals surface area contributed by atoms with E-state index in [1.165, 1.54) is 23.1 Å². The molecule has 1 saturated carbocycles. The summed E-state index contributed by atoms with van der Waals surface area (Å²) in [4.78, 5) is 33.9. The number of alkyl halides is 2. The molecule has 12 heteroatoms. The normalized spacial score (nSPS) is 24.2. The van der Waals surface area contributed by atoms with Crippen molar-refractivity contribution in [1.29, 1.82) is 0 Å². The summed E-state index contributed by atoms with van der Waals surface area (Å²) >= 11 is 6.01. The predicted molar refractivity (Wildman–Crippen MR) is 172 cm³/mol. The van der Waals surface area contributed by atoms with Crippen molar-refractivity contribution in [2.24, 2.45) is 11.3 Å². The Balaban J connectivity index is 0.940. The quantitative estimate of drug-likeness (QED) is 0.322. The largest absolute Gasteiger partial charge is 0.363 e. The maximum Gasteiger partial charge on any atom is 0.328 e. The molecule has 7 rings (SSSR count). The van der Waals surface area contributed by atoms with E-state index in [9.17, 15) is 14.0 Å². The molecule has 4 aliphatic rings. The summed E-state index contributed by atoms with van der Waals surface area (Å²) in [6.45, 7) is 4.32. The van der Waals surface area contributed by atoms with Gasteiger partial charge >= 0.3 is 6.03 Å². The van der Waals surface area contributed by atoms with Gasteiger partial charge in [0.05, 0.1) is 24.1 Å². The van der Waals surface area contributed by atoms with Crippen molar-refractivity contribution >= 4 is 45.9 Å². The molecule has 2 aromatic heterocycles. The predicted octanol–water partition coefficient (Wildman–Crippen LogP) is 6.94. The number of likely N-dealkylation sites (tertiary alicyclic amines) is 1. The lowest BCUT2D eigenvalue weighted by atomic mass is 9.67. The molecule has 46 heavy (non-hydrogen) atoms. The van der Waals surface area contributed by atoms with Crippen LogP contribution in [0, 0.1) is 24.1 Å². The molecule has 3 saturated heterocycles. The highest BCUT2D eigenvalue weighted by Gasteiger charge is 2.47. The molecule has 1 N–H and O–H groups in total. The Hall–Kier alpha value is -3.31. The summed E-state index contributed by atoms with van der Waals surface area (Å²) in [7, 11) is 0. The van der Waals surface area contributed by atoms with E-state index in [-0.39, 0.29) is 23.4 Å². The third-order valence-electron chi connectivity index (χ3n) is 11.0. The minimum absolute atomic E-state index is 0.148. The molecule has 3 aromatic rings. The second kappa shape index (κ2) is 12.0. The lowest BCUT2D eigenvalue weighted by Crippen LogP contribution is -2.53. The van der Waals surface area contributed by atoms with E-state index in [0.717, 1.165) is 68.2 Å². The van der Waals surface area contributed by atoms with Gasteiger partial charge in [-0.15, -0.1) is 0 Å². The van der Waals surface area contributed by atoms with Gasteiger partial charge in [-0.05, 0) is 100 Å². The Bertz CT molecular complexity index is 1640. The zero-order valence-electron chi connectivity index (χ0n) is 26.1. The number of fused-ring (bicyclic) bond motifs is 1. The van der Waals surface area contributed by atoms with Gasteiger partial charge in [0, 0.05) is 54.6 Å². The number of aryl methyl sites for hydroxylation is 1. The van der Waals surface area contributed by atoms with Crippen LogP contribution in [0.1, 0.15) is 63.0 Å². The number of pyridine rings is 1. The first-order chi connectivity index (χ1) is 22.0. The number of imide groups is 1. The fraction of sp³-hybridized carbons (Fsp3) is 0.559. The monoisotopic (exact) mass is 656 g/mol. The Morgan fingerprint density at radius 3 is 2.50 bits per heavy atom. The van der Waals surface area contributed by atoms with Gasteiger partial charge < -0.3 is 14.4 Å². The minimum atomic E-state index is -2.91. The number of carbonyl (C=O) groups is 2. The summed E-state index contributed by atoms with van der Waals surface area (Å²) in [5.41, 5.74) is 3.10. The number of hydrogen-bond acceptors (Lipinski definition) is 5. The molecule has 1 spiro atoms. The van der Waals surface area contributed by atoms with Gasteiger partial charge in [-0.3, -0.25) is 15.0 Å². The number of urea groups is 1. The number of nitrogens with zero attached hydrogens (tertiary/aromatic N) is 5. The molecule has 1 atom stereocenters. The number of nitrogens with one attached hydrogen (secondary N) is 1. The smallest absolute Gasteiger partial charge is 0.328 e. The van der Waals surface area contributed by atoms with Crippen LogP contribution in [0.15, 0.2) is 36.7 Å². The van der Waals surface area contributed by atoms with Crippen molar-refractivity contribution in [3.63, 3.8) is 0 Å². The molecule has 1 aliphatic carbocycles. The Morgan fingerprint density at radius 1 is 1.02 bits per heavy atom. The number of rotatable bonds is 5. The fourth-order valence-corrected chi connectivity index (χ4v) is 8.34. The molecule has 0 unspecified atom stereocenters. The molecular formula is C34H40ClF3N6O2. The Morgan fingerprint density at radius 2 is 1.78 bits per heavy atom. The summed E-state index contributed by atoms with van der Waals surface area (Å²) in [6, 6.07) is 6.01. The number of halogens is 4. The van der Waals surface area contributed by atoms with Crippen molar-refractivity contribution in [1.82, 2.24) is 19.8 Å². The second-order valence-electron chi connectivity index (χ2n) is 13.8. The summed E-state index contributed by atoms with van der Waals surface area (Å²) in [5.74, 6) is -4.44. The number of amides is 3. The standard InChI is InChI=1S/C34H40ClF3N6O2/c1-22-19-44(31-27(22)17-26(18-39-31)43-13-7-30(45)40-32(43)46)25-4-8-33(9-5-25)10-14-41(15-11-33)20-23-6-12-42(21-34(23,37)38)29-16-24(35)2-3-28(29)36/h2-3,16-19,23,25H,4-15,20-21H2,1H3,(H,40,45,46)/t23-/m1/s1. The molecular weight excluding hydrogens is 617 g/mol. The van der Waals surface area contributed by atoms with Crippen LogP contribution in [0.2, 0.25) is 5.02 Å². The van der Waals surface area contributed by atoms with Crippen molar-refractivity contribution < 1.29 is 22.8 Å². The summed E-state index contributed by atoms with van der Waals surface area (Å²) in [6.07, 6.45) is 10.8. The number of anilines is 2. The lowest BCUT2D eigenvalue weighted by molar-refractivity contribution is -0.120. The lowest BCUT2D eigenvalue weighted by Gasteiger charge is -2.48. The average Bonchev–Trinajstić information content (AvgIpc) is 3.36. The van der Waals surface area contributed by atoms with Crippen molar-refractivity contribution in [3.8, 4) is 0 Å². The molecule has 3 amide bonds. The molecule has 8 nitrogen and oxygen atoms in total. The molecule has 3 aliphatic heterocycles.